The minimum atomic E-state index is -0.271. The highest BCUT2D eigenvalue weighted by molar-refractivity contribution is 7.99. The lowest BCUT2D eigenvalue weighted by atomic mass is 10.1. The number of hydrogen-bond donors (Lipinski definition) is 1. The van der Waals surface area contributed by atoms with Gasteiger partial charge >= 0.3 is 0 Å². The Morgan fingerprint density at radius 3 is 2.84 bits per heavy atom. The van der Waals surface area contributed by atoms with Crippen LogP contribution in [-0.2, 0) is 0 Å². The van der Waals surface area contributed by atoms with Gasteiger partial charge in [-0.1, -0.05) is 6.92 Å². The van der Waals surface area contributed by atoms with E-state index < -0.39 is 0 Å². The number of thioether (sulfide) groups is 1. The normalized spacial score (nSPS) is 18.4. The van der Waals surface area contributed by atoms with E-state index in [2.05, 4.69) is 22.1 Å². The van der Waals surface area contributed by atoms with Crippen molar-refractivity contribution in [2.45, 2.75) is 19.4 Å². The largest absolute Gasteiger partial charge is 0.309 e. The van der Waals surface area contributed by atoms with E-state index in [1.165, 1.54) is 36.9 Å². The number of aromatic nitrogens is 1. The maximum atomic E-state index is 12.9. The third-order valence-electron chi connectivity index (χ3n) is 3.40. The average Bonchev–Trinajstić information content (AvgIpc) is 2.46. The van der Waals surface area contributed by atoms with Gasteiger partial charge in [-0.25, -0.2) is 4.39 Å². The smallest absolute Gasteiger partial charge is 0.141 e. The van der Waals surface area contributed by atoms with Gasteiger partial charge < -0.3 is 10.2 Å². The summed E-state index contributed by atoms with van der Waals surface area (Å²) in [5, 5.41) is 3.44. The molecule has 1 N–H and O–H groups in total. The molecule has 0 radical (unpaired) electrons. The Morgan fingerprint density at radius 1 is 1.42 bits per heavy atom. The lowest BCUT2D eigenvalue weighted by Gasteiger charge is -2.28. The highest BCUT2D eigenvalue weighted by Gasteiger charge is 2.15. The molecule has 3 nitrogen and oxygen atoms in total. The van der Waals surface area contributed by atoms with Gasteiger partial charge in [0.15, 0.2) is 0 Å². The van der Waals surface area contributed by atoms with Gasteiger partial charge in [0.05, 0.1) is 17.9 Å². The monoisotopic (exact) mass is 283 g/mol. The van der Waals surface area contributed by atoms with Crippen molar-refractivity contribution in [3.05, 3.63) is 29.8 Å². The fourth-order valence-corrected chi connectivity index (χ4v) is 3.31. The molecule has 0 aromatic carbocycles. The molecule has 0 amide bonds. The van der Waals surface area contributed by atoms with Gasteiger partial charge in [-0.15, -0.1) is 0 Å². The highest BCUT2D eigenvalue weighted by atomic mass is 32.2. The molecule has 1 fully saturated rings. The molecule has 5 heteroatoms. The van der Waals surface area contributed by atoms with Crippen LogP contribution in [0.25, 0.3) is 0 Å². The second kappa shape index (κ2) is 7.82. The molecule has 1 aliphatic heterocycles. The van der Waals surface area contributed by atoms with Crippen LogP contribution < -0.4 is 5.32 Å². The quantitative estimate of drug-likeness (QED) is 0.867. The topological polar surface area (TPSA) is 28.2 Å². The van der Waals surface area contributed by atoms with Crippen molar-refractivity contribution in [2.24, 2.45) is 0 Å². The van der Waals surface area contributed by atoms with E-state index in [-0.39, 0.29) is 11.9 Å². The number of halogens is 1. The molecule has 1 unspecified atom stereocenters. The zero-order valence-corrected chi connectivity index (χ0v) is 12.3. The molecule has 0 spiro atoms. The van der Waals surface area contributed by atoms with Gasteiger partial charge in [-0.2, -0.15) is 11.8 Å². The molecule has 1 aromatic heterocycles. The van der Waals surface area contributed by atoms with Crippen LogP contribution >= 0.6 is 11.8 Å². The Morgan fingerprint density at radius 2 is 2.21 bits per heavy atom. The van der Waals surface area contributed by atoms with Crippen LogP contribution in [0.1, 0.15) is 25.1 Å². The van der Waals surface area contributed by atoms with Gasteiger partial charge in [0.2, 0.25) is 0 Å². The highest BCUT2D eigenvalue weighted by Crippen LogP contribution is 2.17. The third kappa shape index (κ3) is 4.75. The molecule has 2 heterocycles. The first-order chi connectivity index (χ1) is 9.29. The molecule has 1 atom stereocenters. The average molecular weight is 283 g/mol. The molecule has 1 aromatic rings. The second-order valence-electron chi connectivity index (χ2n) is 4.75. The summed E-state index contributed by atoms with van der Waals surface area (Å²) in [6.45, 7) is 6.44. The van der Waals surface area contributed by atoms with Crippen molar-refractivity contribution < 1.29 is 4.39 Å². The minimum Gasteiger partial charge on any atom is -0.309 e. The van der Waals surface area contributed by atoms with E-state index in [9.17, 15) is 4.39 Å². The summed E-state index contributed by atoms with van der Waals surface area (Å²) >= 11 is 2.03. The van der Waals surface area contributed by atoms with E-state index in [1.54, 1.807) is 6.07 Å². The van der Waals surface area contributed by atoms with Crippen LogP contribution in [0.4, 0.5) is 4.39 Å². The van der Waals surface area contributed by atoms with Crippen molar-refractivity contribution in [2.75, 3.05) is 37.7 Å². The SMILES string of the molecule is CCNC(CCN1CCSCC1)c1ccc(F)cn1. The maximum Gasteiger partial charge on any atom is 0.141 e. The zero-order valence-electron chi connectivity index (χ0n) is 11.4. The number of hydrogen-bond acceptors (Lipinski definition) is 4. The lowest BCUT2D eigenvalue weighted by molar-refractivity contribution is 0.280. The Labute approximate surface area is 119 Å². The van der Waals surface area contributed by atoms with Crippen LogP contribution in [0.3, 0.4) is 0 Å². The summed E-state index contributed by atoms with van der Waals surface area (Å²) < 4.78 is 12.9. The van der Waals surface area contributed by atoms with Crippen LogP contribution in [0.15, 0.2) is 18.3 Å². The van der Waals surface area contributed by atoms with Gasteiger partial charge in [0.1, 0.15) is 5.82 Å². The number of nitrogens with zero attached hydrogens (tertiary/aromatic N) is 2. The fourth-order valence-electron chi connectivity index (χ4n) is 2.33. The third-order valence-corrected chi connectivity index (χ3v) is 4.34. The zero-order chi connectivity index (χ0) is 13.5. The molecule has 19 heavy (non-hydrogen) atoms. The molecule has 0 aliphatic carbocycles. The summed E-state index contributed by atoms with van der Waals surface area (Å²) in [7, 11) is 0. The molecular formula is C14H22FN3S. The molecule has 0 saturated carbocycles. The predicted octanol–water partition coefficient (Wildman–Crippen LogP) is 2.31. The first-order valence-corrected chi connectivity index (χ1v) is 8.10. The maximum absolute atomic E-state index is 12.9. The number of pyridine rings is 1. The van der Waals surface area contributed by atoms with Crippen LogP contribution in [-0.4, -0.2) is 47.6 Å². The van der Waals surface area contributed by atoms with Crippen molar-refractivity contribution in [1.82, 2.24) is 15.2 Å². The Kier molecular flexibility index (Phi) is 6.07. The minimum absolute atomic E-state index is 0.222. The number of nitrogens with one attached hydrogen (secondary N) is 1. The van der Waals surface area contributed by atoms with Gasteiger partial charge in [0.25, 0.3) is 0 Å². The second-order valence-corrected chi connectivity index (χ2v) is 5.98. The Bertz CT molecular complexity index is 365. The first-order valence-electron chi connectivity index (χ1n) is 6.94. The Balaban J connectivity index is 1.89. The van der Waals surface area contributed by atoms with Crippen molar-refractivity contribution in [1.29, 1.82) is 0 Å². The summed E-state index contributed by atoms with van der Waals surface area (Å²) in [5.74, 6) is 2.20. The lowest BCUT2D eigenvalue weighted by Crippen LogP contribution is -2.35. The predicted molar refractivity (Wildman–Crippen MR) is 79.0 cm³/mol. The van der Waals surface area contributed by atoms with Crippen LogP contribution in [0.2, 0.25) is 0 Å². The van der Waals surface area contributed by atoms with E-state index >= 15 is 0 Å². The molecule has 0 bridgehead atoms. The van der Waals surface area contributed by atoms with Crippen molar-refractivity contribution in [3.8, 4) is 0 Å². The summed E-state index contributed by atoms with van der Waals surface area (Å²) in [5.41, 5.74) is 0.939. The molecule has 1 aliphatic rings. The van der Waals surface area contributed by atoms with Crippen LogP contribution in [0.5, 0.6) is 0 Å². The van der Waals surface area contributed by atoms with Crippen molar-refractivity contribution >= 4 is 11.8 Å². The van der Waals surface area contributed by atoms with Gasteiger partial charge in [-0.05, 0) is 25.1 Å². The molecular weight excluding hydrogens is 261 g/mol. The van der Waals surface area contributed by atoms with E-state index in [0.717, 1.165) is 25.2 Å². The molecule has 1 saturated heterocycles. The number of rotatable bonds is 6. The molecule has 106 valence electrons. The van der Waals surface area contributed by atoms with E-state index in [1.807, 2.05) is 11.8 Å². The fraction of sp³-hybridized carbons (Fsp3) is 0.643. The Hall–Kier alpha value is -0.650. The van der Waals surface area contributed by atoms with E-state index in [0.29, 0.717) is 0 Å². The summed E-state index contributed by atoms with van der Waals surface area (Å²) in [6, 6.07) is 3.50. The van der Waals surface area contributed by atoms with Gasteiger partial charge in [0, 0.05) is 31.1 Å². The van der Waals surface area contributed by atoms with Crippen molar-refractivity contribution in [3.63, 3.8) is 0 Å². The first kappa shape index (κ1) is 14.8. The summed E-state index contributed by atoms with van der Waals surface area (Å²) in [6.07, 6.45) is 2.33. The molecule has 2 rings (SSSR count). The van der Waals surface area contributed by atoms with Crippen LogP contribution in [0, 0.1) is 5.82 Å². The standard InChI is InChI=1S/C14H22FN3S/c1-2-16-14(13-4-3-12(15)11-17-13)5-6-18-7-9-19-10-8-18/h3-4,11,14,16H,2,5-10H2,1H3. The van der Waals surface area contributed by atoms with Gasteiger partial charge in [-0.3, -0.25) is 4.98 Å². The van der Waals surface area contributed by atoms with E-state index in [4.69, 9.17) is 0 Å². The summed E-state index contributed by atoms with van der Waals surface area (Å²) in [4.78, 5) is 6.71.